The van der Waals surface area contributed by atoms with Crippen LogP contribution in [0.3, 0.4) is 0 Å². The highest BCUT2D eigenvalue weighted by molar-refractivity contribution is 5.84. The van der Waals surface area contributed by atoms with Gasteiger partial charge in [0.2, 0.25) is 18.6 Å². The normalized spacial score (nSPS) is 21.2. The molecule has 1 aliphatic carbocycles. The lowest BCUT2D eigenvalue weighted by Crippen LogP contribution is -2.64. The number of ketones is 1. The number of carbonyl (C=O) groups is 2. The maximum atomic E-state index is 12.4. The molecule has 0 bridgehead atoms. The Morgan fingerprint density at radius 3 is 2.64 bits per heavy atom. The number of esters is 1. The van der Waals surface area contributed by atoms with Crippen molar-refractivity contribution >= 4 is 11.8 Å². The highest BCUT2D eigenvalue weighted by Crippen LogP contribution is 2.34. The Kier molecular flexibility index (Phi) is 16.3. The number of rotatable bonds is 21. The first-order chi connectivity index (χ1) is 17.3. The van der Waals surface area contributed by atoms with Gasteiger partial charge in [-0.05, 0) is 19.3 Å². The molecule has 0 radical (unpaired) electrons. The first-order valence-electron chi connectivity index (χ1n) is 12.7. The number of carbonyl (C=O) groups excluding carboxylic acids is 2. The predicted molar refractivity (Wildman–Crippen MR) is 126 cm³/mol. The third-order valence-corrected chi connectivity index (χ3v) is 6.18. The lowest BCUT2D eigenvalue weighted by Gasteiger charge is -2.18. The molecule has 12 heteroatoms. The van der Waals surface area contributed by atoms with Gasteiger partial charge in [0.15, 0.2) is 13.2 Å². The zero-order chi connectivity index (χ0) is 26.8. The van der Waals surface area contributed by atoms with Crippen LogP contribution in [0.4, 0.5) is 0 Å². The molecule has 1 unspecified atom stereocenters. The van der Waals surface area contributed by atoms with E-state index in [1.54, 1.807) is 12.2 Å². The van der Waals surface area contributed by atoms with Crippen LogP contribution in [0, 0.1) is 21.6 Å². The topological polar surface area (TPSA) is 163 Å². The van der Waals surface area contributed by atoms with Gasteiger partial charge in [-0.3, -0.25) is 9.59 Å². The second kappa shape index (κ2) is 18.6. The van der Waals surface area contributed by atoms with E-state index in [1.807, 2.05) is 0 Å². The molecule has 1 rings (SSSR count). The summed E-state index contributed by atoms with van der Waals surface area (Å²) >= 11 is 0. The molecule has 0 amide bonds. The van der Waals surface area contributed by atoms with E-state index >= 15 is 0 Å². The number of aliphatic hydroxyl groups excluding tert-OH is 2. The van der Waals surface area contributed by atoms with Crippen LogP contribution < -0.4 is 5.34 Å². The molecule has 1 saturated carbocycles. The first kappa shape index (κ1) is 31.4. The minimum Gasteiger partial charge on any atom is -0.454 e. The van der Waals surface area contributed by atoms with Gasteiger partial charge in [0.25, 0.3) is 0 Å². The quantitative estimate of drug-likeness (QED) is 0.0875. The molecule has 206 valence electrons. The van der Waals surface area contributed by atoms with E-state index < -0.39 is 24.3 Å². The fourth-order valence-corrected chi connectivity index (χ4v) is 4.22. The number of aliphatic hydroxyl groups is 2. The fraction of sp³-hybridized carbons (Fsp3) is 0.833. The largest absolute Gasteiger partial charge is 0.477 e. The van der Waals surface area contributed by atoms with E-state index in [-0.39, 0.29) is 48.8 Å². The molecule has 1 aliphatic rings. The Hall–Kier alpha value is -2.60. The maximum absolute atomic E-state index is 12.4. The van der Waals surface area contributed by atoms with Crippen LogP contribution in [-0.4, -0.2) is 65.7 Å². The number of nitrogens with zero attached hydrogens (tertiary/aromatic N) is 1. The Balaban J connectivity index is 2.34. The predicted octanol–water partition coefficient (Wildman–Crippen LogP) is 1.35. The second-order valence-corrected chi connectivity index (χ2v) is 9.03. The molecule has 0 saturated heterocycles. The summed E-state index contributed by atoms with van der Waals surface area (Å²) in [4.78, 5) is 59.0. The summed E-state index contributed by atoms with van der Waals surface area (Å²) in [7, 11) is 1.10. The molecule has 3 N–H and O–H groups in total. The summed E-state index contributed by atoms with van der Waals surface area (Å²) in [5.74, 6) is -1.01. The highest BCUT2D eigenvalue weighted by Gasteiger charge is 2.39. The van der Waals surface area contributed by atoms with Gasteiger partial charge in [-0.1, -0.05) is 57.6 Å². The minimum atomic E-state index is -0.972. The van der Waals surface area contributed by atoms with Gasteiger partial charge in [0.1, 0.15) is 10.7 Å². The van der Waals surface area contributed by atoms with E-state index in [9.17, 15) is 29.6 Å². The van der Waals surface area contributed by atoms with Crippen LogP contribution >= 0.6 is 0 Å². The summed E-state index contributed by atoms with van der Waals surface area (Å²) in [6.07, 6.45) is 8.83. The fourth-order valence-electron chi connectivity index (χ4n) is 4.22. The number of nitrogens with one attached hydrogen (secondary N) is 1. The molecule has 0 heterocycles. The molecule has 0 aromatic heterocycles. The van der Waals surface area contributed by atoms with Gasteiger partial charge in [-0.15, -0.1) is 0 Å². The Labute approximate surface area is 211 Å². The molecule has 0 spiro atoms. The van der Waals surface area contributed by atoms with E-state index in [2.05, 4.69) is 21.4 Å². The molecule has 1 fully saturated rings. The van der Waals surface area contributed by atoms with E-state index in [0.717, 1.165) is 45.6 Å². The average molecular weight is 519 g/mol. The van der Waals surface area contributed by atoms with Crippen molar-refractivity contribution in [2.45, 2.75) is 95.9 Å². The number of hydrogen-bond acceptors (Lipinski definition) is 10. The van der Waals surface area contributed by atoms with Crippen molar-refractivity contribution in [3.63, 3.8) is 0 Å². The van der Waals surface area contributed by atoms with Crippen molar-refractivity contribution in [2.24, 2.45) is 11.8 Å². The molecule has 0 aliphatic heterocycles. The average Bonchev–Trinajstić information content (AvgIpc) is 3.13. The minimum absolute atomic E-state index is 0.0503. The van der Waals surface area contributed by atoms with Crippen molar-refractivity contribution in [1.82, 2.24) is 0 Å². The molecule has 36 heavy (non-hydrogen) atoms. The number of ether oxygens (including phenoxy) is 1. The van der Waals surface area contributed by atoms with Crippen LogP contribution in [-0.2, 0) is 28.8 Å². The lowest BCUT2D eigenvalue weighted by atomic mass is 9.88. The van der Waals surface area contributed by atoms with Crippen LogP contribution in [0.15, 0.2) is 12.2 Å². The monoisotopic (exact) mass is 518 g/mol. The number of unbranched alkanes of at least 4 members (excludes halogenated alkanes) is 5. The van der Waals surface area contributed by atoms with Gasteiger partial charge in [-0.2, -0.15) is 9.68 Å². The van der Waals surface area contributed by atoms with Crippen LogP contribution in [0.1, 0.15) is 77.6 Å². The third-order valence-electron chi connectivity index (χ3n) is 6.18. The van der Waals surface area contributed by atoms with Gasteiger partial charge in [0.05, 0.1) is 17.1 Å². The van der Waals surface area contributed by atoms with E-state index in [0.29, 0.717) is 19.3 Å². The zero-order valence-corrected chi connectivity index (χ0v) is 21.3. The summed E-state index contributed by atoms with van der Waals surface area (Å²) in [5.41, 5.74) is 0. The highest BCUT2D eigenvalue weighted by atomic mass is 17.0. The van der Waals surface area contributed by atoms with Crippen molar-refractivity contribution in [1.29, 1.82) is 0 Å². The molecular formula is C24H42N2O10+2. The van der Waals surface area contributed by atoms with Crippen LogP contribution in [0.5, 0.6) is 0 Å². The lowest BCUT2D eigenvalue weighted by molar-refractivity contribution is -0.977. The summed E-state index contributed by atoms with van der Waals surface area (Å²) in [6, 6.07) is 0. The van der Waals surface area contributed by atoms with Crippen molar-refractivity contribution in [3.05, 3.63) is 22.0 Å². The van der Waals surface area contributed by atoms with Gasteiger partial charge in [-0.25, -0.2) is 4.84 Å². The first-order valence-corrected chi connectivity index (χ1v) is 12.7. The third kappa shape index (κ3) is 12.9. The molecule has 0 aromatic carbocycles. The Bertz CT molecular complexity index is 702. The SMILES string of the molecule is CCCCC[C@H](O)/C=C/[C@H]1[C@H](O)CC(=O)[C@@H]1CCCCCCC(=O)OC(CO[NH+]=O)CO[N+](=O)OC. The smallest absolute Gasteiger partial charge is 0.454 e. The zero-order valence-electron chi connectivity index (χ0n) is 21.3. The van der Waals surface area contributed by atoms with Gasteiger partial charge < -0.3 is 14.9 Å². The maximum Gasteiger partial charge on any atom is 0.477 e. The Morgan fingerprint density at radius 2 is 1.94 bits per heavy atom. The summed E-state index contributed by atoms with van der Waals surface area (Å²) in [6.45, 7) is 1.45. The molecule has 0 aromatic rings. The van der Waals surface area contributed by atoms with Crippen molar-refractivity contribution in [2.75, 3.05) is 20.3 Å². The van der Waals surface area contributed by atoms with Crippen LogP contribution in [0.25, 0.3) is 0 Å². The summed E-state index contributed by atoms with van der Waals surface area (Å²) < 4.78 is 5.16. The van der Waals surface area contributed by atoms with E-state index in [1.165, 1.54) is 5.34 Å². The molecular weight excluding hydrogens is 476 g/mol. The number of hydrogen-bond donors (Lipinski definition) is 3. The second-order valence-electron chi connectivity index (χ2n) is 9.03. The van der Waals surface area contributed by atoms with Crippen molar-refractivity contribution in [3.8, 4) is 0 Å². The van der Waals surface area contributed by atoms with E-state index in [4.69, 9.17) is 4.74 Å². The van der Waals surface area contributed by atoms with Gasteiger partial charge >= 0.3 is 11.1 Å². The van der Waals surface area contributed by atoms with Gasteiger partial charge in [0, 0.05) is 24.7 Å². The standard InChI is InChI=1S/C24H42N2O10/c1-3-4-7-10-18(27)13-14-21-20(22(28)15-23(21)29)11-8-5-6-9-12-24(30)36-19(16-34-25-31)17-35-26(32)33-2/h13-14,18-21,23,25,27,29H,3-12,15-17H2,1-2H3/q+2/b14-13+/t18-,19?,20+,21+,23+/m0/s1. The molecule has 12 nitrogen and oxygen atoms in total. The van der Waals surface area contributed by atoms with Crippen molar-refractivity contribution < 1.29 is 49.5 Å². The number of Topliss-reactive ketones (excluding diaryl/α,β-unsaturated/α-hetero) is 1. The molecule has 5 atom stereocenters. The Morgan fingerprint density at radius 1 is 1.19 bits per heavy atom. The van der Waals surface area contributed by atoms with Crippen LogP contribution in [0.2, 0.25) is 0 Å². The summed E-state index contributed by atoms with van der Waals surface area (Å²) in [5, 5.41) is 21.5.